The van der Waals surface area contributed by atoms with Gasteiger partial charge in [-0.05, 0) is 19.3 Å². The van der Waals surface area contributed by atoms with Crippen molar-refractivity contribution in [1.29, 1.82) is 0 Å². The summed E-state index contributed by atoms with van der Waals surface area (Å²) in [5, 5.41) is -0.629. The maximum atomic E-state index is 12.2. The van der Waals surface area contributed by atoms with Crippen molar-refractivity contribution in [3.63, 3.8) is 0 Å². The Balaban J connectivity index is 1.82. The van der Waals surface area contributed by atoms with Crippen LogP contribution < -0.4 is 0 Å². The topological polar surface area (TPSA) is 96.0 Å². The van der Waals surface area contributed by atoms with Gasteiger partial charge >= 0.3 is 18.1 Å². The molecule has 0 radical (unpaired) electrons. The Bertz CT molecular complexity index is 625. The van der Waals surface area contributed by atoms with E-state index in [2.05, 4.69) is 11.3 Å². The number of esters is 2. The Kier molecular flexibility index (Phi) is 4.71. The van der Waals surface area contributed by atoms with Crippen molar-refractivity contribution in [1.82, 2.24) is 0 Å². The first-order chi connectivity index (χ1) is 10.5. The number of carbonyl (C=O) groups excluding carboxylic acids is 2. The molecule has 2 aliphatic rings. The second kappa shape index (κ2) is 6.11. The summed E-state index contributed by atoms with van der Waals surface area (Å²) in [5.41, 5.74) is -1.74. The third-order valence-corrected chi connectivity index (χ3v) is 5.30. The lowest BCUT2D eigenvalue weighted by Gasteiger charge is -2.25. The summed E-state index contributed by atoms with van der Waals surface area (Å²) in [7, 11) is -3.66. The third-order valence-electron chi connectivity index (χ3n) is 3.54. The third kappa shape index (κ3) is 4.02. The molecule has 0 aromatic rings. The van der Waals surface area contributed by atoms with Gasteiger partial charge in [-0.15, -0.1) is 0 Å². The normalized spacial score (nSPS) is 28.9. The molecule has 0 amide bonds. The molecule has 1 aliphatic heterocycles. The average molecular weight is 358 g/mol. The molecule has 2 bridgehead atoms. The minimum absolute atomic E-state index is 0.185. The van der Waals surface area contributed by atoms with Crippen LogP contribution in [-0.2, 0) is 33.4 Å². The Morgan fingerprint density at radius 1 is 1.26 bits per heavy atom. The van der Waals surface area contributed by atoms with Crippen LogP contribution >= 0.6 is 0 Å². The van der Waals surface area contributed by atoms with Crippen LogP contribution in [0.3, 0.4) is 0 Å². The predicted molar refractivity (Wildman–Crippen MR) is 67.5 cm³/mol. The molecule has 23 heavy (non-hydrogen) atoms. The van der Waals surface area contributed by atoms with Crippen LogP contribution in [0.25, 0.3) is 0 Å². The zero-order valence-electron chi connectivity index (χ0n) is 11.7. The van der Waals surface area contributed by atoms with E-state index in [1.165, 1.54) is 0 Å². The van der Waals surface area contributed by atoms with Crippen molar-refractivity contribution < 1.29 is 44.8 Å². The molecule has 3 unspecified atom stereocenters. The summed E-state index contributed by atoms with van der Waals surface area (Å²) < 4.78 is 73.5. The van der Waals surface area contributed by atoms with Crippen LogP contribution in [0.5, 0.6) is 0 Å². The minimum atomic E-state index is -4.95. The van der Waals surface area contributed by atoms with Crippen LogP contribution in [0, 0.1) is 0 Å². The molecule has 2 fully saturated rings. The molecule has 0 aromatic heterocycles. The molecule has 1 saturated carbocycles. The molecule has 0 aromatic carbocycles. The van der Waals surface area contributed by atoms with Gasteiger partial charge in [0, 0.05) is 0 Å². The molecule has 130 valence electrons. The summed E-state index contributed by atoms with van der Waals surface area (Å²) in [4.78, 5) is 22.6. The van der Waals surface area contributed by atoms with Gasteiger partial charge in [0.1, 0.15) is 17.8 Å². The fraction of sp³-hybridized carbons (Fsp3) is 0.667. The van der Waals surface area contributed by atoms with Crippen molar-refractivity contribution in [3.8, 4) is 0 Å². The fourth-order valence-corrected chi connectivity index (χ4v) is 3.90. The molecule has 3 atom stereocenters. The van der Waals surface area contributed by atoms with Crippen molar-refractivity contribution in [2.45, 2.75) is 42.9 Å². The molecule has 0 N–H and O–H groups in total. The molecule has 2 rings (SSSR count). The first-order valence-corrected chi connectivity index (χ1v) is 8.02. The van der Waals surface area contributed by atoms with E-state index in [-0.39, 0.29) is 19.3 Å². The van der Waals surface area contributed by atoms with Crippen LogP contribution in [0.1, 0.15) is 19.3 Å². The highest BCUT2D eigenvalue weighted by molar-refractivity contribution is 7.87. The van der Waals surface area contributed by atoms with Gasteiger partial charge in [-0.1, -0.05) is 6.58 Å². The highest BCUT2D eigenvalue weighted by atomic mass is 32.2. The van der Waals surface area contributed by atoms with E-state index in [0.717, 1.165) is 0 Å². The van der Waals surface area contributed by atoms with E-state index >= 15 is 0 Å². The second-order valence-electron chi connectivity index (χ2n) is 5.14. The second-order valence-corrected chi connectivity index (χ2v) is 6.99. The van der Waals surface area contributed by atoms with Gasteiger partial charge in [0.05, 0.1) is 5.25 Å². The Hall–Kier alpha value is -1.62. The van der Waals surface area contributed by atoms with Crippen molar-refractivity contribution >= 4 is 22.1 Å². The quantitative estimate of drug-likeness (QED) is 0.417. The zero-order valence-corrected chi connectivity index (χ0v) is 12.5. The van der Waals surface area contributed by atoms with Crippen LogP contribution in [0.15, 0.2) is 12.2 Å². The summed E-state index contributed by atoms with van der Waals surface area (Å²) in [5.74, 6) is -2.87. The lowest BCUT2D eigenvalue weighted by Crippen LogP contribution is -2.36. The van der Waals surface area contributed by atoms with Gasteiger partial charge in [0.25, 0.3) is 10.1 Å². The fourth-order valence-electron chi connectivity index (χ4n) is 2.34. The van der Waals surface area contributed by atoms with Gasteiger partial charge in [0.15, 0.2) is 6.61 Å². The zero-order chi connectivity index (χ0) is 17.4. The summed E-state index contributed by atoms with van der Waals surface area (Å²) in [6, 6.07) is 0. The van der Waals surface area contributed by atoms with Crippen molar-refractivity contribution in [2.24, 2.45) is 0 Å². The maximum absolute atomic E-state index is 12.2. The molecule has 1 saturated heterocycles. The van der Waals surface area contributed by atoms with Gasteiger partial charge in [-0.25, -0.2) is 9.59 Å². The van der Waals surface area contributed by atoms with Crippen LogP contribution in [-0.4, -0.2) is 50.6 Å². The Labute approximate surface area is 129 Å². The molecule has 0 spiro atoms. The molecular formula is C12H13F3O7S. The largest absolute Gasteiger partial charge is 0.457 e. The molecule has 1 aliphatic carbocycles. The van der Waals surface area contributed by atoms with Gasteiger partial charge in [-0.3, -0.25) is 4.18 Å². The van der Waals surface area contributed by atoms with Crippen LogP contribution in [0.2, 0.25) is 0 Å². The monoisotopic (exact) mass is 358 g/mol. The Morgan fingerprint density at radius 2 is 1.91 bits per heavy atom. The number of fused-ring (bicyclic) bond motifs is 2. The summed E-state index contributed by atoms with van der Waals surface area (Å²) in [6.07, 6.45) is -5.94. The lowest BCUT2D eigenvalue weighted by molar-refractivity contribution is -0.168. The molecule has 7 nitrogen and oxygen atoms in total. The Morgan fingerprint density at radius 3 is 2.52 bits per heavy atom. The predicted octanol–water partition coefficient (Wildman–Crippen LogP) is 0.841. The number of hydrogen-bond acceptors (Lipinski definition) is 7. The number of rotatable bonds is 4. The first kappa shape index (κ1) is 17.7. The maximum Gasteiger partial charge on any atom is 0.422 e. The smallest absolute Gasteiger partial charge is 0.422 e. The molecule has 1 heterocycles. The SMILES string of the molecule is C=C(C(=O)OCC(=O)OC1CCC2CC1OS2(=O)=O)C(F)(F)F. The van der Waals surface area contributed by atoms with Crippen LogP contribution in [0.4, 0.5) is 13.2 Å². The summed E-state index contributed by atoms with van der Waals surface area (Å²) in [6.45, 7) is 1.49. The summed E-state index contributed by atoms with van der Waals surface area (Å²) >= 11 is 0. The van der Waals surface area contributed by atoms with Gasteiger partial charge < -0.3 is 9.47 Å². The van der Waals surface area contributed by atoms with E-state index in [1.807, 2.05) is 0 Å². The number of carbonyl (C=O) groups is 2. The number of alkyl halides is 3. The minimum Gasteiger partial charge on any atom is -0.457 e. The highest BCUT2D eigenvalue weighted by Crippen LogP contribution is 2.37. The van der Waals surface area contributed by atoms with Crippen molar-refractivity contribution in [3.05, 3.63) is 12.2 Å². The highest BCUT2D eigenvalue weighted by Gasteiger charge is 2.48. The van der Waals surface area contributed by atoms with Crippen molar-refractivity contribution in [2.75, 3.05) is 6.61 Å². The standard InChI is InChI=1S/C12H13F3O7S/c1-6(12(13,14)15)11(17)20-5-10(16)21-8-3-2-7-4-9(8)22-23(7,18)19/h7-9H,1-5H2. The number of halogens is 3. The first-order valence-electron chi connectivity index (χ1n) is 6.55. The average Bonchev–Trinajstić information content (AvgIpc) is 2.68. The number of hydrogen-bond donors (Lipinski definition) is 0. The van der Waals surface area contributed by atoms with E-state index in [1.54, 1.807) is 0 Å². The van der Waals surface area contributed by atoms with E-state index < -0.39 is 57.9 Å². The van der Waals surface area contributed by atoms with Gasteiger partial charge in [-0.2, -0.15) is 21.6 Å². The van der Waals surface area contributed by atoms with E-state index in [4.69, 9.17) is 8.92 Å². The number of ether oxygens (including phenoxy) is 2. The van der Waals surface area contributed by atoms with Gasteiger partial charge in [0.2, 0.25) is 0 Å². The molecular weight excluding hydrogens is 345 g/mol. The van der Waals surface area contributed by atoms with E-state index in [0.29, 0.717) is 0 Å². The lowest BCUT2D eigenvalue weighted by atomic mass is 9.94. The molecule has 11 heteroatoms. The van der Waals surface area contributed by atoms with E-state index in [9.17, 15) is 31.2 Å².